The Bertz CT molecular complexity index is 1050. The largest absolute Gasteiger partial charge is 0.463 e. The van der Waals surface area contributed by atoms with Gasteiger partial charge < -0.3 is 79.1 Å². The zero-order valence-electron chi connectivity index (χ0n) is 30.0. The highest BCUT2D eigenvalue weighted by molar-refractivity contribution is 5.69. The summed E-state index contributed by atoms with van der Waals surface area (Å²) >= 11 is 0. The summed E-state index contributed by atoms with van der Waals surface area (Å²) in [4.78, 5) is 24.7. The first kappa shape index (κ1) is 44.8. The number of unbranched alkanes of at least 4 members (excludes halogenated alkanes) is 8. The summed E-state index contributed by atoms with van der Waals surface area (Å²) in [7, 11) is 0. The molecule has 0 spiro atoms. The van der Waals surface area contributed by atoms with E-state index in [1.165, 1.54) is 0 Å². The maximum Gasteiger partial charge on any atom is 0.305 e. The molecule has 0 amide bonds. The van der Waals surface area contributed by atoms with E-state index in [2.05, 4.69) is 13.8 Å². The van der Waals surface area contributed by atoms with Crippen molar-refractivity contribution in [1.82, 2.24) is 0 Å². The van der Waals surface area contributed by atoms with E-state index < -0.39 is 124 Å². The Morgan fingerprint density at radius 1 is 0.577 bits per heavy atom. The van der Waals surface area contributed by atoms with Crippen LogP contribution in [0.1, 0.15) is 90.9 Å². The van der Waals surface area contributed by atoms with E-state index in [9.17, 15) is 55.5 Å². The third-order valence-corrected chi connectivity index (χ3v) is 9.58. The Labute approximate surface area is 303 Å². The predicted molar refractivity (Wildman–Crippen MR) is 176 cm³/mol. The summed E-state index contributed by atoms with van der Waals surface area (Å²) in [5.41, 5.74) is 0. The molecule has 3 fully saturated rings. The van der Waals surface area contributed by atoms with Gasteiger partial charge in [0.25, 0.3) is 0 Å². The predicted octanol–water partition coefficient (Wildman–Crippen LogP) is -1.75. The van der Waals surface area contributed by atoms with E-state index in [0.29, 0.717) is 12.8 Å². The molecular formula is C34H60O18. The van der Waals surface area contributed by atoms with Crippen LogP contribution in [0, 0.1) is 0 Å². The van der Waals surface area contributed by atoms with Crippen LogP contribution in [0.15, 0.2) is 0 Å². The number of ether oxygens (including phenoxy) is 7. The van der Waals surface area contributed by atoms with Crippen LogP contribution in [-0.2, 0) is 42.7 Å². The smallest absolute Gasteiger partial charge is 0.305 e. The van der Waals surface area contributed by atoms with Gasteiger partial charge in [0.1, 0.15) is 80.4 Å². The monoisotopic (exact) mass is 756 g/mol. The molecule has 0 saturated carbocycles. The highest BCUT2D eigenvalue weighted by atomic mass is 16.8. The highest BCUT2D eigenvalue weighted by Crippen LogP contribution is 2.37. The molecule has 304 valence electrons. The molecular weight excluding hydrogens is 696 g/mol. The molecule has 0 aromatic heterocycles. The van der Waals surface area contributed by atoms with Gasteiger partial charge in [-0.25, -0.2) is 0 Å². The summed E-state index contributed by atoms with van der Waals surface area (Å²) in [5.74, 6) is -3.60. The van der Waals surface area contributed by atoms with Gasteiger partial charge in [0.2, 0.25) is 5.79 Å². The minimum Gasteiger partial charge on any atom is -0.463 e. The Hall–Kier alpha value is -1.62. The maximum absolute atomic E-state index is 12.5. The number of esters is 2. The van der Waals surface area contributed by atoms with Crippen molar-refractivity contribution in [3.05, 3.63) is 0 Å². The van der Waals surface area contributed by atoms with Gasteiger partial charge in [-0.1, -0.05) is 65.2 Å². The fourth-order valence-electron chi connectivity index (χ4n) is 6.23. The molecule has 3 rings (SSSR count). The van der Waals surface area contributed by atoms with Gasteiger partial charge in [-0.3, -0.25) is 9.59 Å². The molecule has 3 heterocycles. The Morgan fingerprint density at radius 2 is 1.08 bits per heavy atom. The number of hydrogen-bond donors (Lipinski definition) is 9. The molecule has 0 aliphatic carbocycles. The number of carbonyl (C=O) groups excluding carboxylic acids is 2. The van der Waals surface area contributed by atoms with Crippen molar-refractivity contribution < 1.29 is 88.7 Å². The second-order valence-corrected chi connectivity index (χ2v) is 13.7. The lowest BCUT2D eigenvalue weighted by molar-refractivity contribution is -0.388. The molecule has 14 atom stereocenters. The van der Waals surface area contributed by atoms with Crippen LogP contribution in [0.2, 0.25) is 0 Å². The number of rotatable bonds is 22. The summed E-state index contributed by atoms with van der Waals surface area (Å²) in [6.45, 7) is 1.41. The topological polar surface area (TPSA) is 281 Å². The molecule has 0 radical (unpaired) electrons. The van der Waals surface area contributed by atoms with Crippen LogP contribution >= 0.6 is 0 Å². The van der Waals surface area contributed by atoms with Crippen molar-refractivity contribution >= 4 is 11.9 Å². The minimum absolute atomic E-state index is 0.0397. The lowest BCUT2D eigenvalue weighted by Crippen LogP contribution is -2.64. The van der Waals surface area contributed by atoms with Gasteiger partial charge in [0.15, 0.2) is 12.6 Å². The third kappa shape index (κ3) is 12.2. The average Bonchev–Trinajstić information content (AvgIpc) is 3.37. The van der Waals surface area contributed by atoms with E-state index in [1.54, 1.807) is 0 Å². The number of hydrogen-bond acceptors (Lipinski definition) is 18. The molecule has 3 aliphatic heterocycles. The molecule has 18 nitrogen and oxygen atoms in total. The lowest BCUT2D eigenvalue weighted by Gasteiger charge is -2.44. The Morgan fingerprint density at radius 3 is 1.62 bits per heavy atom. The van der Waals surface area contributed by atoms with Crippen molar-refractivity contribution in [3.63, 3.8) is 0 Å². The summed E-state index contributed by atoms with van der Waals surface area (Å²) in [5, 5.41) is 94.7. The van der Waals surface area contributed by atoms with Gasteiger partial charge in [-0.05, 0) is 12.8 Å². The van der Waals surface area contributed by atoms with Gasteiger partial charge in [0, 0.05) is 12.8 Å². The summed E-state index contributed by atoms with van der Waals surface area (Å²) in [6, 6.07) is 0. The maximum atomic E-state index is 12.5. The zero-order valence-corrected chi connectivity index (χ0v) is 30.0. The van der Waals surface area contributed by atoms with E-state index >= 15 is 0 Å². The van der Waals surface area contributed by atoms with E-state index in [4.69, 9.17) is 33.2 Å². The van der Waals surface area contributed by atoms with Crippen molar-refractivity contribution in [2.24, 2.45) is 0 Å². The highest BCUT2D eigenvalue weighted by Gasteiger charge is 2.59. The van der Waals surface area contributed by atoms with Crippen molar-refractivity contribution in [2.45, 2.75) is 176 Å². The standard InChI is InChI=1S/C34H60O18/c1-3-5-7-9-11-13-22(36)46-16-20-24(38)27(41)29(43)32(49-20)47-17-21-25(39)28(42)30(44)33(50-21)52-34(31(45)26(40)19(15-35)51-34)18-48-23(37)14-12-10-8-6-4-2/h19-21,24-33,35,38-45H,3-18H2,1-2H3/t19-,20-,21-,24+,25-,26-,27+,28+,29-,30-,31+,32?,33?,34+/m1/s1. The van der Waals surface area contributed by atoms with E-state index in [-0.39, 0.29) is 12.8 Å². The fourth-order valence-corrected chi connectivity index (χ4v) is 6.23. The van der Waals surface area contributed by atoms with Crippen LogP contribution < -0.4 is 0 Å². The quantitative estimate of drug-likeness (QED) is 0.0437. The minimum atomic E-state index is -2.40. The SMILES string of the molecule is CCCCCCCC(=O)OC[C@H]1OC(OC[C@H]2OC(O[C@]3(COC(=O)CCCCCCC)O[C@H](CO)[C@@H](O)[C@@H]3O)[C@H](O)[C@@H](O)[C@@H]2O)[C@H](O)[C@@H](O)[C@H]1O. The number of carbonyl (C=O) groups is 2. The Balaban J connectivity index is 1.63. The molecule has 0 bridgehead atoms. The first-order valence-corrected chi connectivity index (χ1v) is 18.4. The van der Waals surface area contributed by atoms with E-state index in [1.807, 2.05) is 0 Å². The van der Waals surface area contributed by atoms with Gasteiger partial charge in [-0.2, -0.15) is 0 Å². The fraction of sp³-hybridized carbons (Fsp3) is 0.941. The molecule has 0 aromatic carbocycles. The van der Waals surface area contributed by atoms with Gasteiger partial charge >= 0.3 is 11.9 Å². The van der Waals surface area contributed by atoms with Crippen LogP contribution in [0.25, 0.3) is 0 Å². The molecule has 18 heteroatoms. The molecule has 9 N–H and O–H groups in total. The molecule has 2 unspecified atom stereocenters. The molecule has 3 saturated heterocycles. The van der Waals surface area contributed by atoms with Gasteiger partial charge in [-0.15, -0.1) is 0 Å². The van der Waals surface area contributed by atoms with Crippen molar-refractivity contribution in [3.8, 4) is 0 Å². The normalized spacial score (nSPS) is 37.9. The number of aliphatic hydroxyl groups excluding tert-OH is 9. The van der Waals surface area contributed by atoms with E-state index in [0.717, 1.165) is 51.4 Å². The second kappa shape index (κ2) is 22.1. The summed E-state index contributed by atoms with van der Waals surface area (Å²) < 4.78 is 38.7. The Kier molecular flexibility index (Phi) is 19.0. The van der Waals surface area contributed by atoms with Crippen LogP contribution in [0.4, 0.5) is 0 Å². The second-order valence-electron chi connectivity index (χ2n) is 13.7. The summed E-state index contributed by atoms with van der Waals surface area (Å²) in [6.07, 6.45) is -13.5. The molecule has 3 aliphatic rings. The van der Waals surface area contributed by atoms with Crippen LogP contribution in [-0.4, -0.2) is 170 Å². The zero-order chi connectivity index (χ0) is 38.4. The van der Waals surface area contributed by atoms with Crippen LogP contribution in [0.3, 0.4) is 0 Å². The first-order chi connectivity index (χ1) is 24.8. The van der Waals surface area contributed by atoms with Crippen molar-refractivity contribution in [1.29, 1.82) is 0 Å². The molecule has 52 heavy (non-hydrogen) atoms. The van der Waals surface area contributed by atoms with Gasteiger partial charge in [0.05, 0.1) is 13.2 Å². The first-order valence-electron chi connectivity index (χ1n) is 18.4. The number of aliphatic hydroxyl groups is 9. The average molecular weight is 757 g/mol. The molecule has 0 aromatic rings. The third-order valence-electron chi connectivity index (χ3n) is 9.58. The van der Waals surface area contributed by atoms with Crippen molar-refractivity contribution in [2.75, 3.05) is 26.4 Å². The van der Waals surface area contributed by atoms with Crippen LogP contribution in [0.5, 0.6) is 0 Å². The lowest BCUT2D eigenvalue weighted by atomic mass is 9.98.